The monoisotopic (exact) mass is 283 g/mol. The van der Waals surface area contributed by atoms with Crippen molar-refractivity contribution in [3.8, 4) is 0 Å². The number of halogens is 1. The van der Waals surface area contributed by atoms with Crippen LogP contribution in [0.15, 0.2) is 59.6 Å². The molecule has 106 valence electrons. The number of cyclic esters (lactones) is 1. The maximum Gasteiger partial charge on any atom is 0.340 e. The van der Waals surface area contributed by atoms with Crippen molar-refractivity contribution in [2.24, 2.45) is 4.99 Å². The molecule has 2 aromatic rings. The molecular formula is C17H14FNO2. The lowest BCUT2D eigenvalue weighted by molar-refractivity contribution is -0.138. The molecule has 0 saturated heterocycles. The van der Waals surface area contributed by atoms with E-state index in [1.54, 1.807) is 19.1 Å². The van der Waals surface area contributed by atoms with Crippen LogP contribution in [0.25, 0.3) is 0 Å². The van der Waals surface area contributed by atoms with Gasteiger partial charge in [-0.3, -0.25) is 0 Å². The molecule has 0 bridgehead atoms. The highest BCUT2D eigenvalue weighted by Gasteiger charge is 2.41. The first-order valence-corrected chi connectivity index (χ1v) is 6.69. The second-order valence-electron chi connectivity index (χ2n) is 5.25. The van der Waals surface area contributed by atoms with E-state index in [4.69, 9.17) is 4.74 Å². The predicted octanol–water partition coefficient (Wildman–Crippen LogP) is 3.13. The van der Waals surface area contributed by atoms with Crippen LogP contribution in [0.1, 0.15) is 18.1 Å². The third kappa shape index (κ3) is 2.70. The Morgan fingerprint density at radius 1 is 1.10 bits per heavy atom. The van der Waals surface area contributed by atoms with E-state index in [1.807, 2.05) is 30.3 Å². The Labute approximate surface area is 122 Å². The quantitative estimate of drug-likeness (QED) is 0.812. The lowest BCUT2D eigenvalue weighted by atomic mass is 9.94. The third-order valence-corrected chi connectivity index (χ3v) is 3.46. The Bertz CT molecular complexity index is 694. The first-order valence-electron chi connectivity index (χ1n) is 6.69. The van der Waals surface area contributed by atoms with Gasteiger partial charge in [0.25, 0.3) is 0 Å². The van der Waals surface area contributed by atoms with Gasteiger partial charge in [-0.25, -0.2) is 14.2 Å². The Morgan fingerprint density at radius 3 is 2.43 bits per heavy atom. The van der Waals surface area contributed by atoms with Crippen molar-refractivity contribution in [3.05, 3.63) is 71.5 Å². The summed E-state index contributed by atoms with van der Waals surface area (Å²) >= 11 is 0. The predicted molar refractivity (Wildman–Crippen MR) is 77.6 cm³/mol. The van der Waals surface area contributed by atoms with E-state index in [-0.39, 0.29) is 11.8 Å². The molecule has 2 aromatic carbocycles. The largest absolute Gasteiger partial charge is 0.405 e. The smallest absolute Gasteiger partial charge is 0.340 e. The molecule has 0 N–H and O–H groups in total. The standard InChI is InChI=1S/C17H14FNO2/c1-17(11-12-7-9-14(18)10-8-12)16(20)21-15(19-17)13-5-3-2-4-6-13/h2-10H,11H2,1H3/t17-/m1/s1. The van der Waals surface area contributed by atoms with Crippen LogP contribution in [0.5, 0.6) is 0 Å². The Hall–Kier alpha value is -2.49. The van der Waals surface area contributed by atoms with Crippen LogP contribution < -0.4 is 0 Å². The van der Waals surface area contributed by atoms with E-state index in [0.29, 0.717) is 12.3 Å². The summed E-state index contributed by atoms with van der Waals surface area (Å²) in [5.74, 6) is -0.345. The first kappa shape index (κ1) is 13.5. The molecule has 0 saturated carbocycles. The van der Waals surface area contributed by atoms with E-state index in [9.17, 15) is 9.18 Å². The van der Waals surface area contributed by atoms with Gasteiger partial charge in [0.15, 0.2) is 5.54 Å². The molecule has 3 nitrogen and oxygen atoms in total. The summed E-state index contributed by atoms with van der Waals surface area (Å²) in [6, 6.07) is 15.4. The fourth-order valence-corrected chi connectivity index (χ4v) is 2.31. The molecular weight excluding hydrogens is 269 g/mol. The number of benzene rings is 2. The number of nitrogens with zero attached hydrogens (tertiary/aromatic N) is 1. The van der Waals surface area contributed by atoms with Crippen LogP contribution in [-0.4, -0.2) is 17.4 Å². The number of carbonyl (C=O) groups excluding carboxylic acids is 1. The van der Waals surface area contributed by atoms with E-state index in [1.165, 1.54) is 12.1 Å². The highest BCUT2D eigenvalue weighted by Crippen LogP contribution is 2.27. The van der Waals surface area contributed by atoms with E-state index in [2.05, 4.69) is 4.99 Å². The van der Waals surface area contributed by atoms with Crippen LogP contribution in [0.2, 0.25) is 0 Å². The molecule has 1 aliphatic rings. The molecule has 4 heteroatoms. The summed E-state index contributed by atoms with van der Waals surface area (Å²) in [7, 11) is 0. The normalized spacial score (nSPS) is 21.0. The van der Waals surface area contributed by atoms with Crippen molar-refractivity contribution in [2.75, 3.05) is 0 Å². The third-order valence-electron chi connectivity index (χ3n) is 3.46. The van der Waals surface area contributed by atoms with Crippen molar-refractivity contribution in [1.82, 2.24) is 0 Å². The maximum absolute atomic E-state index is 12.9. The molecule has 3 rings (SSSR count). The van der Waals surface area contributed by atoms with Crippen LogP contribution >= 0.6 is 0 Å². The van der Waals surface area contributed by atoms with Crippen molar-refractivity contribution in [1.29, 1.82) is 0 Å². The number of hydrogen-bond acceptors (Lipinski definition) is 3. The molecule has 21 heavy (non-hydrogen) atoms. The number of aliphatic imine (C=N–C) groups is 1. The summed E-state index contributed by atoms with van der Waals surface area (Å²) in [6.07, 6.45) is 0.377. The van der Waals surface area contributed by atoms with Gasteiger partial charge in [0.2, 0.25) is 5.90 Å². The van der Waals surface area contributed by atoms with Crippen LogP contribution in [0.4, 0.5) is 4.39 Å². The van der Waals surface area contributed by atoms with Gasteiger partial charge in [0, 0.05) is 12.0 Å². The summed E-state index contributed by atoms with van der Waals surface area (Å²) in [4.78, 5) is 16.6. The zero-order chi connectivity index (χ0) is 14.9. The highest BCUT2D eigenvalue weighted by atomic mass is 19.1. The minimum absolute atomic E-state index is 0.300. The van der Waals surface area contributed by atoms with Crippen molar-refractivity contribution in [2.45, 2.75) is 18.9 Å². The van der Waals surface area contributed by atoms with Gasteiger partial charge >= 0.3 is 5.97 Å². The fourth-order valence-electron chi connectivity index (χ4n) is 2.31. The van der Waals surface area contributed by atoms with Gasteiger partial charge in [0.05, 0.1) is 0 Å². The van der Waals surface area contributed by atoms with Gasteiger partial charge in [-0.2, -0.15) is 0 Å². The molecule has 0 fully saturated rings. The van der Waals surface area contributed by atoms with Gasteiger partial charge in [-0.15, -0.1) is 0 Å². The average molecular weight is 283 g/mol. The zero-order valence-corrected chi connectivity index (χ0v) is 11.5. The SMILES string of the molecule is C[C@]1(Cc2ccc(F)cc2)N=C(c2ccccc2)OC1=O. The fraction of sp³-hybridized carbons (Fsp3) is 0.176. The van der Waals surface area contributed by atoms with E-state index in [0.717, 1.165) is 11.1 Å². The van der Waals surface area contributed by atoms with Gasteiger partial charge in [-0.1, -0.05) is 30.3 Å². The number of ether oxygens (including phenoxy) is 1. The topological polar surface area (TPSA) is 38.7 Å². The van der Waals surface area contributed by atoms with Crippen molar-refractivity contribution in [3.63, 3.8) is 0 Å². The van der Waals surface area contributed by atoms with Crippen LogP contribution in [0, 0.1) is 5.82 Å². The number of hydrogen-bond donors (Lipinski definition) is 0. The summed E-state index contributed by atoms with van der Waals surface area (Å²) < 4.78 is 18.2. The van der Waals surface area contributed by atoms with Crippen LogP contribution in [0.3, 0.4) is 0 Å². The van der Waals surface area contributed by atoms with Gasteiger partial charge in [-0.05, 0) is 36.8 Å². The second kappa shape index (κ2) is 5.13. The Balaban J connectivity index is 1.88. The summed E-state index contributed by atoms with van der Waals surface area (Å²) in [5.41, 5.74) is 0.644. The minimum Gasteiger partial charge on any atom is -0.405 e. The molecule has 0 radical (unpaired) electrons. The first-order chi connectivity index (χ1) is 10.1. The second-order valence-corrected chi connectivity index (χ2v) is 5.25. The van der Waals surface area contributed by atoms with Gasteiger partial charge in [0.1, 0.15) is 5.82 Å². The molecule has 1 atom stereocenters. The van der Waals surface area contributed by atoms with Crippen molar-refractivity contribution >= 4 is 11.9 Å². The van der Waals surface area contributed by atoms with E-state index >= 15 is 0 Å². The van der Waals surface area contributed by atoms with E-state index < -0.39 is 5.54 Å². The molecule has 0 spiro atoms. The molecule has 1 aliphatic heterocycles. The Morgan fingerprint density at radius 2 is 1.76 bits per heavy atom. The zero-order valence-electron chi connectivity index (χ0n) is 11.5. The molecule has 0 unspecified atom stereocenters. The van der Waals surface area contributed by atoms with Crippen molar-refractivity contribution < 1.29 is 13.9 Å². The minimum atomic E-state index is -0.969. The van der Waals surface area contributed by atoms with Crippen LogP contribution in [-0.2, 0) is 16.0 Å². The number of rotatable bonds is 3. The molecule has 1 heterocycles. The summed E-state index contributed by atoms with van der Waals surface area (Å²) in [6.45, 7) is 1.73. The maximum atomic E-state index is 12.9. The summed E-state index contributed by atoms with van der Waals surface area (Å²) in [5, 5.41) is 0. The Kier molecular flexibility index (Phi) is 3.29. The molecule has 0 aromatic heterocycles. The molecule has 0 aliphatic carbocycles. The highest BCUT2D eigenvalue weighted by molar-refractivity contribution is 6.07. The average Bonchev–Trinajstić information content (AvgIpc) is 2.78. The lowest BCUT2D eigenvalue weighted by Crippen LogP contribution is -2.32. The number of carbonyl (C=O) groups is 1. The number of esters is 1. The van der Waals surface area contributed by atoms with Gasteiger partial charge < -0.3 is 4.74 Å². The molecule has 0 amide bonds. The lowest BCUT2D eigenvalue weighted by Gasteiger charge is -2.15.